The summed E-state index contributed by atoms with van der Waals surface area (Å²) in [5, 5.41) is 5.62. The molecule has 1 aromatic carbocycles. The first-order valence-corrected chi connectivity index (χ1v) is 11.7. The minimum absolute atomic E-state index is 0.317. The highest BCUT2D eigenvalue weighted by atomic mass is 16.5. The molecule has 9 nitrogen and oxygen atoms in total. The number of benzene rings is 1. The Morgan fingerprint density at radius 3 is 2.50 bits per heavy atom. The van der Waals surface area contributed by atoms with Crippen LogP contribution in [-0.2, 0) is 17.8 Å². The van der Waals surface area contributed by atoms with Crippen LogP contribution >= 0.6 is 0 Å². The van der Waals surface area contributed by atoms with Crippen molar-refractivity contribution in [2.75, 3.05) is 35.8 Å². The summed E-state index contributed by atoms with van der Waals surface area (Å²) in [6, 6.07) is 11.7. The van der Waals surface area contributed by atoms with Crippen molar-refractivity contribution in [3.8, 4) is 11.4 Å². The van der Waals surface area contributed by atoms with E-state index in [1.54, 1.807) is 24.5 Å². The summed E-state index contributed by atoms with van der Waals surface area (Å²) in [7, 11) is 2.12. The second-order valence-electron chi connectivity index (χ2n) is 9.20. The first kappa shape index (κ1) is 21.0. The largest absolute Gasteiger partial charge is 0.377 e. The number of ether oxygens (including phenoxy) is 1. The van der Waals surface area contributed by atoms with Crippen molar-refractivity contribution < 1.29 is 9.53 Å². The number of hydrogen-bond acceptors (Lipinski definition) is 7. The molecule has 6 rings (SSSR count). The van der Waals surface area contributed by atoms with Crippen molar-refractivity contribution in [3.63, 3.8) is 0 Å². The van der Waals surface area contributed by atoms with Crippen molar-refractivity contribution in [1.29, 1.82) is 0 Å². The van der Waals surface area contributed by atoms with E-state index in [4.69, 9.17) is 14.7 Å². The first-order valence-electron chi connectivity index (χ1n) is 11.7. The average Bonchev–Trinajstić information content (AvgIpc) is 3.34. The van der Waals surface area contributed by atoms with Crippen LogP contribution in [0.15, 0.2) is 48.8 Å². The quantitative estimate of drug-likeness (QED) is 0.619. The van der Waals surface area contributed by atoms with E-state index in [2.05, 4.69) is 32.5 Å². The van der Waals surface area contributed by atoms with Gasteiger partial charge < -0.3 is 20.3 Å². The van der Waals surface area contributed by atoms with Crippen LogP contribution in [0.25, 0.3) is 11.4 Å². The van der Waals surface area contributed by atoms with E-state index in [0.717, 1.165) is 62.0 Å². The third kappa shape index (κ3) is 3.97. The van der Waals surface area contributed by atoms with Crippen LogP contribution in [0.5, 0.6) is 0 Å². The third-order valence-corrected chi connectivity index (χ3v) is 6.72. The van der Waals surface area contributed by atoms with Gasteiger partial charge in [0.15, 0.2) is 5.82 Å². The van der Waals surface area contributed by atoms with Gasteiger partial charge in [-0.3, -0.25) is 9.88 Å². The van der Waals surface area contributed by atoms with Crippen LogP contribution in [0.1, 0.15) is 24.1 Å². The highest BCUT2D eigenvalue weighted by Crippen LogP contribution is 2.38. The number of carbonyl (C=O) groups is 1. The number of nitrogens with one attached hydrogen (secondary N) is 2. The number of hydrogen-bond donors (Lipinski definition) is 2. The molecule has 34 heavy (non-hydrogen) atoms. The van der Waals surface area contributed by atoms with Gasteiger partial charge in [0.1, 0.15) is 5.82 Å². The van der Waals surface area contributed by atoms with Gasteiger partial charge in [-0.15, -0.1) is 0 Å². The summed E-state index contributed by atoms with van der Waals surface area (Å²) < 4.78 is 5.81. The maximum atomic E-state index is 12.3. The number of anilines is 3. The summed E-state index contributed by atoms with van der Waals surface area (Å²) in [6.45, 7) is 3.23. The predicted molar refractivity (Wildman–Crippen MR) is 130 cm³/mol. The Bertz CT molecular complexity index is 1190. The van der Waals surface area contributed by atoms with E-state index < -0.39 is 0 Å². The molecule has 3 aliphatic heterocycles. The van der Waals surface area contributed by atoms with Gasteiger partial charge in [-0.2, -0.15) is 0 Å². The predicted octanol–water partition coefficient (Wildman–Crippen LogP) is 3.50. The number of fused-ring (bicyclic) bond motifs is 3. The normalized spacial score (nSPS) is 21.4. The topological polar surface area (TPSA) is 95.5 Å². The maximum absolute atomic E-state index is 12.3. The molecule has 5 heterocycles. The summed E-state index contributed by atoms with van der Waals surface area (Å²) in [5.41, 5.74) is 4.61. The Hall–Kier alpha value is -3.56. The molecule has 0 saturated carbocycles. The molecule has 174 valence electrons. The Labute approximate surface area is 198 Å². The molecule has 3 aromatic rings. The Kier molecular flexibility index (Phi) is 5.35. The lowest BCUT2D eigenvalue weighted by atomic mass is 10.1. The average molecular weight is 458 g/mol. The van der Waals surface area contributed by atoms with Crippen molar-refractivity contribution in [1.82, 2.24) is 19.9 Å². The number of urea groups is 1. The molecule has 0 spiro atoms. The van der Waals surface area contributed by atoms with Gasteiger partial charge in [0, 0.05) is 36.1 Å². The van der Waals surface area contributed by atoms with Crippen molar-refractivity contribution >= 4 is 23.2 Å². The number of carbonyl (C=O) groups excluding carboxylic acids is 1. The van der Waals surface area contributed by atoms with Gasteiger partial charge in [-0.1, -0.05) is 0 Å². The molecule has 2 amide bonds. The van der Waals surface area contributed by atoms with E-state index in [-0.39, 0.29) is 6.03 Å². The Morgan fingerprint density at radius 1 is 1.00 bits per heavy atom. The Balaban J connectivity index is 1.25. The van der Waals surface area contributed by atoms with Crippen LogP contribution < -0.4 is 15.5 Å². The molecule has 0 radical (unpaired) electrons. The van der Waals surface area contributed by atoms with Crippen LogP contribution in [-0.4, -0.2) is 58.2 Å². The second-order valence-corrected chi connectivity index (χ2v) is 9.20. The fourth-order valence-corrected chi connectivity index (χ4v) is 5.14. The van der Waals surface area contributed by atoms with E-state index in [1.165, 1.54) is 5.56 Å². The molecule has 2 atom stereocenters. The molecule has 3 aliphatic rings. The zero-order valence-corrected chi connectivity index (χ0v) is 19.1. The number of rotatable bonds is 4. The fourth-order valence-electron chi connectivity index (χ4n) is 5.14. The summed E-state index contributed by atoms with van der Waals surface area (Å²) in [6.07, 6.45) is 5.56. The smallest absolute Gasteiger partial charge is 0.323 e. The molecule has 2 N–H and O–H groups in total. The van der Waals surface area contributed by atoms with Crippen LogP contribution in [0.4, 0.5) is 22.0 Å². The summed E-state index contributed by atoms with van der Waals surface area (Å²) in [5.74, 6) is 1.79. The van der Waals surface area contributed by atoms with E-state index >= 15 is 0 Å². The summed E-state index contributed by atoms with van der Waals surface area (Å²) >= 11 is 0. The Morgan fingerprint density at radius 2 is 1.76 bits per heavy atom. The maximum Gasteiger partial charge on any atom is 0.323 e. The fraction of sp³-hybridized carbons (Fsp3) is 0.360. The number of nitrogens with zero attached hydrogens (tertiary/aromatic N) is 5. The van der Waals surface area contributed by atoms with Crippen LogP contribution in [0, 0.1) is 0 Å². The minimum Gasteiger partial charge on any atom is -0.377 e. The lowest BCUT2D eigenvalue weighted by molar-refractivity contribution is 0.0901. The standard InChI is InChI=1S/C25H27N7O2/c1-31-12-21-22(13-31)29-23(30-24(21)32-19-8-9-20(32)15-34-14-19)16-4-6-17(7-5-16)27-25(33)28-18-3-2-10-26-11-18/h2-7,10-11,19-20H,8-9,12-15H2,1H3,(H2,27,28,33). The molecule has 9 heteroatoms. The second kappa shape index (κ2) is 8.66. The van der Waals surface area contributed by atoms with Gasteiger partial charge in [-0.25, -0.2) is 14.8 Å². The molecule has 2 unspecified atom stereocenters. The highest BCUT2D eigenvalue weighted by Gasteiger charge is 2.40. The van der Waals surface area contributed by atoms with Gasteiger partial charge in [0.2, 0.25) is 0 Å². The van der Waals surface area contributed by atoms with Gasteiger partial charge in [0.05, 0.1) is 42.9 Å². The molecule has 2 saturated heterocycles. The number of pyridine rings is 1. The minimum atomic E-state index is -0.317. The van der Waals surface area contributed by atoms with Gasteiger partial charge in [-0.05, 0) is 56.3 Å². The third-order valence-electron chi connectivity index (χ3n) is 6.72. The van der Waals surface area contributed by atoms with E-state index in [0.29, 0.717) is 23.5 Å². The van der Waals surface area contributed by atoms with Crippen molar-refractivity contribution in [2.24, 2.45) is 0 Å². The zero-order chi connectivity index (χ0) is 23.1. The first-order chi connectivity index (χ1) is 16.6. The molecule has 2 bridgehead atoms. The van der Waals surface area contributed by atoms with Crippen LogP contribution in [0.3, 0.4) is 0 Å². The number of amides is 2. The molecular formula is C25H27N7O2. The molecule has 0 aliphatic carbocycles. The zero-order valence-electron chi connectivity index (χ0n) is 19.1. The van der Waals surface area contributed by atoms with E-state index in [1.807, 2.05) is 24.3 Å². The summed E-state index contributed by atoms with van der Waals surface area (Å²) in [4.78, 5) is 31.1. The van der Waals surface area contributed by atoms with Crippen molar-refractivity contribution in [3.05, 3.63) is 60.0 Å². The molecular weight excluding hydrogens is 430 g/mol. The van der Waals surface area contributed by atoms with Crippen LogP contribution in [0.2, 0.25) is 0 Å². The van der Waals surface area contributed by atoms with Gasteiger partial charge in [0.25, 0.3) is 0 Å². The van der Waals surface area contributed by atoms with Crippen molar-refractivity contribution in [2.45, 2.75) is 38.0 Å². The SMILES string of the molecule is CN1Cc2nc(-c3ccc(NC(=O)Nc4cccnc4)cc3)nc(N3C4CCC3COC4)c2C1. The number of morpholine rings is 1. The molecule has 2 aromatic heterocycles. The van der Waals surface area contributed by atoms with E-state index in [9.17, 15) is 4.79 Å². The molecule has 2 fully saturated rings. The number of aromatic nitrogens is 3. The lowest BCUT2D eigenvalue weighted by Crippen LogP contribution is -2.47. The van der Waals surface area contributed by atoms with Gasteiger partial charge >= 0.3 is 6.03 Å². The highest BCUT2D eigenvalue weighted by molar-refractivity contribution is 5.99. The lowest BCUT2D eigenvalue weighted by Gasteiger charge is -2.36. The monoisotopic (exact) mass is 457 g/mol.